The van der Waals surface area contributed by atoms with Gasteiger partial charge in [0.25, 0.3) is 0 Å². The zero-order chi connectivity index (χ0) is 14.4. The first kappa shape index (κ1) is 14.5. The lowest BCUT2D eigenvalue weighted by atomic mass is 10.1. The maximum atomic E-state index is 13.0. The van der Waals surface area contributed by atoms with E-state index in [9.17, 15) is 9.18 Å². The van der Waals surface area contributed by atoms with Crippen molar-refractivity contribution in [2.45, 2.75) is 6.42 Å². The van der Waals surface area contributed by atoms with Gasteiger partial charge in [0.2, 0.25) is 0 Å². The third-order valence-corrected chi connectivity index (χ3v) is 3.40. The molecule has 3 nitrogen and oxygen atoms in total. The topological polar surface area (TPSA) is 41.1 Å². The summed E-state index contributed by atoms with van der Waals surface area (Å²) in [6, 6.07) is 13.4. The van der Waals surface area contributed by atoms with Gasteiger partial charge in [0.05, 0.1) is 5.69 Å². The molecular weight excluding hydrogens is 323 g/mol. The molecule has 0 aliphatic rings. The number of carbonyl (C=O) groups is 1. The summed E-state index contributed by atoms with van der Waals surface area (Å²) in [5.74, 6) is -0.264. The van der Waals surface area contributed by atoms with Gasteiger partial charge in [-0.2, -0.15) is 0 Å². The summed E-state index contributed by atoms with van der Waals surface area (Å²) >= 11 is 3.35. The number of urea groups is 1. The minimum absolute atomic E-state index is 0.264. The van der Waals surface area contributed by atoms with Gasteiger partial charge >= 0.3 is 6.03 Å². The molecule has 20 heavy (non-hydrogen) atoms. The normalized spacial score (nSPS) is 10.1. The molecule has 0 aliphatic carbocycles. The smallest absolute Gasteiger partial charge is 0.319 e. The molecule has 2 aromatic rings. The SMILES string of the molecule is O=C(NCCc1cccc(F)c1)Nc1ccccc1Br. The lowest BCUT2D eigenvalue weighted by Crippen LogP contribution is -2.30. The molecule has 0 aromatic heterocycles. The Morgan fingerprint density at radius 2 is 1.95 bits per heavy atom. The highest BCUT2D eigenvalue weighted by atomic mass is 79.9. The molecule has 2 N–H and O–H groups in total. The van der Waals surface area contributed by atoms with Gasteiger partial charge in [-0.05, 0) is 52.2 Å². The Labute approximate surface area is 125 Å². The van der Waals surface area contributed by atoms with Crippen LogP contribution in [0.15, 0.2) is 53.0 Å². The number of hydrogen-bond acceptors (Lipinski definition) is 1. The number of halogens is 2. The van der Waals surface area contributed by atoms with Gasteiger partial charge in [-0.3, -0.25) is 0 Å². The van der Waals surface area contributed by atoms with Gasteiger partial charge in [-0.25, -0.2) is 9.18 Å². The monoisotopic (exact) mass is 336 g/mol. The highest BCUT2D eigenvalue weighted by molar-refractivity contribution is 9.10. The van der Waals surface area contributed by atoms with Crippen molar-refractivity contribution in [2.75, 3.05) is 11.9 Å². The Balaban J connectivity index is 1.80. The summed E-state index contributed by atoms with van der Waals surface area (Å²) in [7, 11) is 0. The third-order valence-electron chi connectivity index (χ3n) is 2.71. The van der Waals surface area contributed by atoms with E-state index in [1.54, 1.807) is 12.1 Å². The summed E-state index contributed by atoms with van der Waals surface area (Å²) in [6.45, 7) is 0.444. The van der Waals surface area contributed by atoms with Crippen molar-refractivity contribution in [3.05, 3.63) is 64.4 Å². The van der Waals surface area contributed by atoms with E-state index < -0.39 is 0 Å². The van der Waals surface area contributed by atoms with E-state index >= 15 is 0 Å². The van der Waals surface area contributed by atoms with Crippen molar-refractivity contribution < 1.29 is 9.18 Å². The first-order chi connectivity index (χ1) is 9.65. The average Bonchev–Trinajstić information content (AvgIpc) is 2.41. The van der Waals surface area contributed by atoms with Crippen molar-refractivity contribution in [1.29, 1.82) is 0 Å². The first-order valence-electron chi connectivity index (χ1n) is 6.19. The fourth-order valence-electron chi connectivity index (χ4n) is 1.74. The third kappa shape index (κ3) is 4.35. The fraction of sp³-hybridized carbons (Fsp3) is 0.133. The molecule has 2 amide bonds. The number of hydrogen-bond donors (Lipinski definition) is 2. The summed E-state index contributed by atoms with van der Waals surface area (Å²) in [6.07, 6.45) is 0.584. The molecule has 0 unspecified atom stereocenters. The second-order valence-corrected chi connectivity index (χ2v) is 5.10. The predicted molar refractivity (Wildman–Crippen MR) is 81.3 cm³/mol. The molecule has 0 saturated carbocycles. The maximum Gasteiger partial charge on any atom is 0.319 e. The van der Waals surface area contributed by atoms with Crippen molar-refractivity contribution >= 4 is 27.6 Å². The average molecular weight is 337 g/mol. The molecule has 0 aliphatic heterocycles. The van der Waals surface area contributed by atoms with E-state index in [1.165, 1.54) is 12.1 Å². The van der Waals surface area contributed by atoms with Crippen molar-refractivity contribution in [2.24, 2.45) is 0 Å². The Morgan fingerprint density at radius 3 is 2.70 bits per heavy atom. The standard InChI is InChI=1S/C15H14BrFN2O/c16-13-6-1-2-7-14(13)19-15(20)18-9-8-11-4-3-5-12(17)10-11/h1-7,10H,8-9H2,(H2,18,19,20). The minimum Gasteiger partial charge on any atom is -0.338 e. The van der Waals surface area contributed by atoms with Crippen molar-refractivity contribution in [3.8, 4) is 0 Å². The van der Waals surface area contributed by atoms with E-state index in [2.05, 4.69) is 26.6 Å². The van der Waals surface area contributed by atoms with Gasteiger partial charge in [0.15, 0.2) is 0 Å². The zero-order valence-electron chi connectivity index (χ0n) is 10.7. The van der Waals surface area contributed by atoms with Crippen molar-refractivity contribution in [3.63, 3.8) is 0 Å². The number of carbonyl (C=O) groups excluding carboxylic acids is 1. The lowest BCUT2D eigenvalue weighted by Gasteiger charge is -2.09. The molecule has 0 heterocycles. The van der Waals surface area contributed by atoms with E-state index in [0.29, 0.717) is 18.7 Å². The Kier molecular flexibility index (Phi) is 5.12. The van der Waals surface area contributed by atoms with E-state index in [4.69, 9.17) is 0 Å². The highest BCUT2D eigenvalue weighted by Crippen LogP contribution is 2.20. The molecule has 0 atom stereocenters. The number of nitrogens with one attached hydrogen (secondary N) is 2. The largest absolute Gasteiger partial charge is 0.338 e. The van der Waals surface area contributed by atoms with Crippen LogP contribution in [0.1, 0.15) is 5.56 Å². The molecule has 0 fully saturated rings. The van der Waals surface area contributed by atoms with Crippen LogP contribution in [0, 0.1) is 5.82 Å². The van der Waals surface area contributed by atoms with Gasteiger partial charge in [0.1, 0.15) is 5.82 Å². The van der Waals surface area contributed by atoms with Crippen molar-refractivity contribution in [1.82, 2.24) is 5.32 Å². The molecule has 2 rings (SSSR count). The number of benzene rings is 2. The number of para-hydroxylation sites is 1. The van der Waals surface area contributed by atoms with E-state index in [-0.39, 0.29) is 11.8 Å². The van der Waals surface area contributed by atoms with Gasteiger partial charge in [0, 0.05) is 11.0 Å². The van der Waals surface area contributed by atoms with E-state index in [0.717, 1.165) is 10.0 Å². The Morgan fingerprint density at radius 1 is 1.15 bits per heavy atom. The summed E-state index contributed by atoms with van der Waals surface area (Å²) < 4.78 is 13.8. The van der Waals surface area contributed by atoms with Crippen LogP contribution in [0.2, 0.25) is 0 Å². The minimum atomic E-state index is -0.284. The van der Waals surface area contributed by atoms with Crippen LogP contribution in [-0.4, -0.2) is 12.6 Å². The van der Waals surface area contributed by atoms with Crippen LogP contribution in [0.3, 0.4) is 0 Å². The fourth-order valence-corrected chi connectivity index (χ4v) is 2.13. The van der Waals surface area contributed by atoms with E-state index in [1.807, 2.05) is 24.3 Å². The number of anilines is 1. The van der Waals surface area contributed by atoms with Gasteiger partial charge in [-0.1, -0.05) is 24.3 Å². The molecule has 0 spiro atoms. The van der Waals surface area contributed by atoms with Crippen LogP contribution in [0.5, 0.6) is 0 Å². The predicted octanol–water partition coefficient (Wildman–Crippen LogP) is 3.95. The van der Waals surface area contributed by atoms with Crippen LogP contribution < -0.4 is 10.6 Å². The molecule has 2 aromatic carbocycles. The summed E-state index contributed by atoms with van der Waals surface area (Å²) in [5.41, 5.74) is 1.56. The molecule has 104 valence electrons. The second kappa shape index (κ2) is 7.05. The molecule has 0 bridgehead atoms. The maximum absolute atomic E-state index is 13.0. The lowest BCUT2D eigenvalue weighted by molar-refractivity contribution is 0.252. The van der Waals surface area contributed by atoms with Crippen LogP contribution in [-0.2, 0) is 6.42 Å². The summed E-state index contributed by atoms with van der Waals surface area (Å²) in [5, 5.41) is 5.47. The quantitative estimate of drug-likeness (QED) is 0.871. The Bertz CT molecular complexity index is 604. The number of rotatable bonds is 4. The van der Waals surface area contributed by atoms with Crippen LogP contribution >= 0.6 is 15.9 Å². The van der Waals surface area contributed by atoms with Gasteiger partial charge < -0.3 is 10.6 Å². The molecule has 0 saturated heterocycles. The number of amides is 2. The first-order valence-corrected chi connectivity index (χ1v) is 6.98. The van der Waals surface area contributed by atoms with Gasteiger partial charge in [-0.15, -0.1) is 0 Å². The second-order valence-electron chi connectivity index (χ2n) is 4.24. The summed E-state index contributed by atoms with van der Waals surface area (Å²) in [4.78, 5) is 11.7. The zero-order valence-corrected chi connectivity index (χ0v) is 12.3. The molecule has 5 heteroatoms. The van der Waals surface area contributed by atoms with Crippen LogP contribution in [0.25, 0.3) is 0 Å². The van der Waals surface area contributed by atoms with Crippen LogP contribution in [0.4, 0.5) is 14.9 Å². The molecule has 0 radical (unpaired) electrons. The highest BCUT2D eigenvalue weighted by Gasteiger charge is 2.04. The Hall–Kier alpha value is -1.88. The molecular formula is C15H14BrFN2O.